The summed E-state index contributed by atoms with van der Waals surface area (Å²) in [6.07, 6.45) is 1.03. The highest BCUT2D eigenvalue weighted by molar-refractivity contribution is 6.19. The lowest BCUT2D eigenvalue weighted by Crippen LogP contribution is -2.67. The van der Waals surface area contributed by atoms with Crippen molar-refractivity contribution in [3.63, 3.8) is 0 Å². The van der Waals surface area contributed by atoms with Gasteiger partial charge in [0.1, 0.15) is 16.9 Å². The number of aromatic nitrogens is 1. The van der Waals surface area contributed by atoms with Crippen molar-refractivity contribution in [2.24, 2.45) is 11.3 Å². The number of ether oxygens (including phenoxy) is 2. The van der Waals surface area contributed by atoms with E-state index in [-0.39, 0.29) is 30.4 Å². The van der Waals surface area contributed by atoms with Crippen molar-refractivity contribution in [3.8, 4) is 11.5 Å². The summed E-state index contributed by atoms with van der Waals surface area (Å²) in [5.41, 5.74) is 0.157. The molecule has 0 spiro atoms. The number of methoxy groups -OCH3 is 2. The van der Waals surface area contributed by atoms with Crippen molar-refractivity contribution in [1.29, 1.82) is 0 Å². The number of hydrogen-bond acceptors (Lipinski definition) is 7. The third kappa shape index (κ3) is 4.09. The lowest BCUT2D eigenvalue weighted by Gasteiger charge is -2.48. The van der Waals surface area contributed by atoms with Crippen LogP contribution in [0.3, 0.4) is 0 Å². The first-order chi connectivity index (χ1) is 17.7. The Kier molecular flexibility index (Phi) is 6.31. The zero-order valence-electron chi connectivity index (χ0n) is 21.6. The predicted octanol–water partition coefficient (Wildman–Crippen LogP) is 1.56. The Morgan fingerprint density at radius 2 is 1.65 bits per heavy atom. The molecule has 196 valence electrons. The number of likely N-dealkylation sites (tertiary alicyclic amines) is 1. The summed E-state index contributed by atoms with van der Waals surface area (Å²) in [5, 5.41) is 0. The van der Waals surface area contributed by atoms with Crippen LogP contribution in [0.25, 0.3) is 0 Å². The lowest BCUT2D eigenvalue weighted by atomic mass is 9.75. The minimum atomic E-state index is -1.51. The quantitative estimate of drug-likeness (QED) is 0.546. The number of pyridine rings is 1. The van der Waals surface area contributed by atoms with Crippen LogP contribution < -0.4 is 15.0 Å². The molecule has 2 atom stereocenters. The molecule has 2 unspecified atom stereocenters. The minimum absolute atomic E-state index is 0.00289. The fourth-order valence-electron chi connectivity index (χ4n) is 6.30. The monoisotopic (exact) mass is 508 g/mol. The highest BCUT2D eigenvalue weighted by atomic mass is 16.5. The molecule has 1 aromatic carbocycles. The smallest absolute Gasteiger partial charge is 0.332 e. The number of carbonyl (C=O) groups is 3. The minimum Gasteiger partial charge on any atom is -0.497 e. The van der Waals surface area contributed by atoms with Gasteiger partial charge in [0.05, 0.1) is 14.2 Å². The molecule has 10 nitrogen and oxygen atoms in total. The normalized spacial score (nSPS) is 23.2. The second-order valence-corrected chi connectivity index (χ2v) is 10.3. The first kappa shape index (κ1) is 25.0. The molecule has 4 heterocycles. The van der Waals surface area contributed by atoms with Gasteiger partial charge in [-0.2, -0.15) is 0 Å². The van der Waals surface area contributed by atoms with Crippen LogP contribution in [0.2, 0.25) is 0 Å². The molecule has 5 rings (SSSR count). The summed E-state index contributed by atoms with van der Waals surface area (Å²) in [5.74, 6) is 0.407. The first-order valence-electron chi connectivity index (χ1n) is 12.4. The number of urea groups is 1. The van der Waals surface area contributed by atoms with E-state index in [1.54, 1.807) is 37.4 Å². The van der Waals surface area contributed by atoms with E-state index < -0.39 is 23.3 Å². The molecule has 0 radical (unpaired) electrons. The second kappa shape index (κ2) is 9.33. The standard InChI is InChI=1S/C27H32N4O6/c1-28-24(33)27(25(34)29(2)26(28)35,12-18-8-9-20(36-3)11-22(18)37-4)16-30-13-17-10-19(15-30)21-6-5-7-23(32)31(21)14-17/h5-9,11,17,19H,10,12-16H2,1-4H3. The Morgan fingerprint density at radius 3 is 2.32 bits per heavy atom. The summed E-state index contributed by atoms with van der Waals surface area (Å²) in [4.78, 5) is 57.0. The van der Waals surface area contributed by atoms with Crippen LogP contribution in [-0.2, 0) is 22.6 Å². The Hall–Kier alpha value is -3.66. The number of benzene rings is 1. The van der Waals surface area contributed by atoms with Crippen LogP contribution in [0.4, 0.5) is 4.79 Å². The summed E-state index contributed by atoms with van der Waals surface area (Å²) >= 11 is 0. The van der Waals surface area contributed by atoms with Crippen molar-refractivity contribution in [1.82, 2.24) is 19.3 Å². The van der Waals surface area contributed by atoms with Crippen molar-refractivity contribution in [2.45, 2.75) is 25.3 Å². The summed E-state index contributed by atoms with van der Waals surface area (Å²) in [6, 6.07) is 10.00. The number of amides is 4. The van der Waals surface area contributed by atoms with Crippen LogP contribution in [0, 0.1) is 11.3 Å². The Bertz CT molecular complexity index is 1300. The lowest BCUT2D eigenvalue weighted by molar-refractivity contribution is -0.159. The molecule has 1 aromatic heterocycles. The third-order valence-electron chi connectivity index (χ3n) is 8.04. The first-order valence-corrected chi connectivity index (χ1v) is 12.4. The zero-order valence-corrected chi connectivity index (χ0v) is 21.6. The fraction of sp³-hybridized carbons (Fsp3) is 0.481. The molecule has 0 saturated carbocycles. The van der Waals surface area contributed by atoms with Crippen LogP contribution in [-0.4, -0.2) is 85.1 Å². The van der Waals surface area contributed by atoms with Gasteiger partial charge in [-0.1, -0.05) is 12.1 Å². The van der Waals surface area contributed by atoms with Gasteiger partial charge in [0.15, 0.2) is 0 Å². The van der Waals surface area contributed by atoms with E-state index in [4.69, 9.17) is 9.47 Å². The molecule has 0 aliphatic carbocycles. The Labute approximate surface area is 215 Å². The molecular formula is C27H32N4O6. The van der Waals surface area contributed by atoms with Crippen LogP contribution in [0.5, 0.6) is 11.5 Å². The number of hydrogen-bond donors (Lipinski definition) is 0. The van der Waals surface area contributed by atoms with Crippen LogP contribution in [0.1, 0.15) is 23.6 Å². The summed E-state index contributed by atoms with van der Waals surface area (Å²) in [6.45, 7) is 2.04. The average molecular weight is 509 g/mol. The van der Waals surface area contributed by atoms with E-state index in [1.807, 2.05) is 10.6 Å². The van der Waals surface area contributed by atoms with E-state index in [9.17, 15) is 19.2 Å². The van der Waals surface area contributed by atoms with E-state index in [0.717, 1.165) is 21.9 Å². The van der Waals surface area contributed by atoms with Gasteiger partial charge in [0.25, 0.3) is 5.56 Å². The number of piperidine rings is 1. The van der Waals surface area contributed by atoms with E-state index in [2.05, 4.69) is 4.90 Å². The Morgan fingerprint density at radius 1 is 0.919 bits per heavy atom. The van der Waals surface area contributed by atoms with Gasteiger partial charge in [0.2, 0.25) is 11.8 Å². The topological polar surface area (TPSA) is 101 Å². The molecule has 2 fully saturated rings. The van der Waals surface area contributed by atoms with Crippen molar-refractivity contribution < 1.29 is 23.9 Å². The predicted molar refractivity (Wildman–Crippen MR) is 135 cm³/mol. The molecule has 10 heteroatoms. The number of nitrogens with zero attached hydrogens (tertiary/aromatic N) is 4. The molecule has 4 amide bonds. The number of barbiturate groups is 1. The molecule has 2 bridgehead atoms. The Balaban J connectivity index is 1.53. The number of imide groups is 2. The highest BCUT2D eigenvalue weighted by Gasteiger charge is 2.57. The number of rotatable bonds is 6. The fourth-order valence-corrected chi connectivity index (χ4v) is 6.30. The van der Waals surface area contributed by atoms with Crippen molar-refractivity contribution >= 4 is 17.8 Å². The molecule has 3 aliphatic heterocycles. The van der Waals surface area contributed by atoms with E-state index in [1.165, 1.54) is 21.2 Å². The SMILES string of the molecule is COc1ccc(CC2(CN3CC4CC(C3)c3cccc(=O)n3C4)C(=O)N(C)C(=O)N(C)C2=O)c(OC)c1. The van der Waals surface area contributed by atoms with Gasteiger partial charge in [-0.3, -0.25) is 24.2 Å². The third-order valence-corrected chi connectivity index (χ3v) is 8.04. The number of carbonyl (C=O) groups excluding carboxylic acids is 3. The van der Waals surface area contributed by atoms with Gasteiger partial charge in [0, 0.05) is 70.4 Å². The maximum atomic E-state index is 13.8. The zero-order chi connectivity index (χ0) is 26.5. The van der Waals surface area contributed by atoms with Crippen molar-refractivity contribution in [3.05, 3.63) is 58.0 Å². The maximum absolute atomic E-state index is 13.8. The summed E-state index contributed by atoms with van der Waals surface area (Å²) in [7, 11) is 5.92. The second-order valence-electron chi connectivity index (χ2n) is 10.3. The van der Waals surface area contributed by atoms with Gasteiger partial charge in [-0.05, 0) is 30.0 Å². The molecule has 2 aromatic rings. The van der Waals surface area contributed by atoms with Gasteiger partial charge in [-0.25, -0.2) is 4.79 Å². The van der Waals surface area contributed by atoms with Gasteiger partial charge in [-0.15, -0.1) is 0 Å². The van der Waals surface area contributed by atoms with Gasteiger partial charge < -0.3 is 18.9 Å². The van der Waals surface area contributed by atoms with Crippen LogP contribution in [0.15, 0.2) is 41.2 Å². The van der Waals surface area contributed by atoms with E-state index in [0.29, 0.717) is 36.7 Å². The number of fused-ring (bicyclic) bond motifs is 4. The van der Waals surface area contributed by atoms with Crippen LogP contribution >= 0.6 is 0 Å². The molecular weight excluding hydrogens is 476 g/mol. The molecule has 37 heavy (non-hydrogen) atoms. The summed E-state index contributed by atoms with van der Waals surface area (Å²) < 4.78 is 12.7. The maximum Gasteiger partial charge on any atom is 0.332 e. The van der Waals surface area contributed by atoms with E-state index >= 15 is 0 Å². The molecule has 3 aliphatic rings. The molecule has 2 saturated heterocycles. The average Bonchev–Trinajstić information content (AvgIpc) is 2.90. The van der Waals surface area contributed by atoms with Crippen molar-refractivity contribution in [2.75, 3.05) is 47.9 Å². The largest absolute Gasteiger partial charge is 0.497 e. The molecule has 0 N–H and O–H groups in total. The highest BCUT2D eigenvalue weighted by Crippen LogP contribution is 2.40. The van der Waals surface area contributed by atoms with Gasteiger partial charge >= 0.3 is 6.03 Å².